The van der Waals surface area contributed by atoms with Crippen LogP contribution in [-0.2, 0) is 15.5 Å². The zero-order valence-corrected chi connectivity index (χ0v) is 17.0. The number of pyridine rings is 1. The molecule has 0 fully saturated rings. The molecule has 0 aliphatic rings. The Hall–Kier alpha value is -2.88. The van der Waals surface area contributed by atoms with E-state index in [9.17, 15) is 13.6 Å². The summed E-state index contributed by atoms with van der Waals surface area (Å²) in [5.74, 6) is -3.28. The molecular weight excluding hydrogens is 384 g/mol. The van der Waals surface area contributed by atoms with E-state index >= 15 is 0 Å². The molecule has 0 aliphatic heterocycles. The first-order chi connectivity index (χ1) is 13.6. The molecule has 0 bridgehead atoms. The van der Waals surface area contributed by atoms with Gasteiger partial charge in [0.05, 0.1) is 18.0 Å². The molecule has 0 spiro atoms. The van der Waals surface area contributed by atoms with Crippen molar-refractivity contribution in [2.45, 2.75) is 46.1 Å². The van der Waals surface area contributed by atoms with E-state index in [0.717, 1.165) is 13.3 Å². The maximum Gasteiger partial charge on any atom is 0.303 e. The largest absolute Gasteiger partial charge is 0.487 e. The maximum atomic E-state index is 13.7. The van der Waals surface area contributed by atoms with E-state index in [1.165, 1.54) is 25.3 Å². The van der Waals surface area contributed by atoms with Crippen molar-refractivity contribution in [3.05, 3.63) is 29.8 Å². The summed E-state index contributed by atoms with van der Waals surface area (Å²) in [6.45, 7) is 5.91. The van der Waals surface area contributed by atoms with Crippen molar-refractivity contribution in [2.24, 2.45) is 0 Å². The summed E-state index contributed by atoms with van der Waals surface area (Å²) in [4.78, 5) is 23.2. The fourth-order valence-electron chi connectivity index (χ4n) is 2.41. The van der Waals surface area contributed by atoms with E-state index in [0.29, 0.717) is 17.1 Å². The number of halogens is 2. The number of aryl methyl sites for hydroxylation is 1. The fourth-order valence-corrected chi connectivity index (χ4v) is 2.41. The lowest BCUT2D eigenvalue weighted by molar-refractivity contribution is -0.114. The topological polar surface area (TPSA) is 98.3 Å². The van der Waals surface area contributed by atoms with E-state index in [1.807, 2.05) is 6.92 Å². The molecule has 0 saturated carbocycles. The van der Waals surface area contributed by atoms with Gasteiger partial charge in [-0.2, -0.15) is 8.78 Å². The van der Waals surface area contributed by atoms with E-state index < -0.39 is 11.7 Å². The predicted molar refractivity (Wildman–Crippen MR) is 105 cm³/mol. The van der Waals surface area contributed by atoms with Crippen molar-refractivity contribution in [3.63, 3.8) is 0 Å². The monoisotopic (exact) mass is 409 g/mol. The molecule has 158 valence electrons. The van der Waals surface area contributed by atoms with Gasteiger partial charge in [-0.1, -0.05) is 6.92 Å². The Labute approximate surface area is 168 Å². The predicted octanol–water partition coefficient (Wildman–Crippen LogP) is 3.80. The standard InChI is InChI=1S/C19H25F2N5O3/c1-6-13(28-5)10-29-15-9-22-16(24-12(3)27)8-14(15)25-17-7-11(2)23-18(26-17)19(4,20)21/h7-9,13H,6,10H2,1-5H3,(H2,22,23,24,25,26,27)/t13-/m1/s1. The van der Waals surface area contributed by atoms with E-state index in [1.54, 1.807) is 14.0 Å². The minimum Gasteiger partial charge on any atom is -0.487 e. The Balaban J connectivity index is 2.37. The molecule has 0 radical (unpaired) electrons. The van der Waals surface area contributed by atoms with Crippen molar-refractivity contribution in [1.82, 2.24) is 15.0 Å². The van der Waals surface area contributed by atoms with Crippen molar-refractivity contribution < 1.29 is 23.0 Å². The number of alkyl halides is 2. The van der Waals surface area contributed by atoms with Gasteiger partial charge < -0.3 is 20.1 Å². The minimum atomic E-state index is -3.19. The van der Waals surface area contributed by atoms with Gasteiger partial charge in [0.1, 0.15) is 18.2 Å². The van der Waals surface area contributed by atoms with Gasteiger partial charge in [0.2, 0.25) is 11.7 Å². The van der Waals surface area contributed by atoms with Gasteiger partial charge in [-0.3, -0.25) is 4.79 Å². The number of ether oxygens (including phenoxy) is 2. The number of anilines is 3. The van der Waals surface area contributed by atoms with Gasteiger partial charge in [-0.05, 0) is 13.3 Å². The minimum absolute atomic E-state index is 0.121. The molecule has 0 saturated heterocycles. The Morgan fingerprint density at radius 3 is 2.59 bits per heavy atom. The molecule has 0 aromatic carbocycles. The first kappa shape index (κ1) is 22.4. The molecule has 2 N–H and O–H groups in total. The number of aromatic nitrogens is 3. The summed E-state index contributed by atoms with van der Waals surface area (Å²) >= 11 is 0. The number of carbonyl (C=O) groups is 1. The first-order valence-corrected chi connectivity index (χ1v) is 9.06. The normalized spacial score (nSPS) is 12.4. The lowest BCUT2D eigenvalue weighted by Crippen LogP contribution is -2.19. The van der Waals surface area contributed by atoms with Gasteiger partial charge in [0.25, 0.3) is 0 Å². The summed E-state index contributed by atoms with van der Waals surface area (Å²) in [5, 5.41) is 5.53. The number of hydrogen-bond donors (Lipinski definition) is 2. The number of amides is 1. The van der Waals surface area contributed by atoms with Crippen LogP contribution in [0.4, 0.5) is 26.1 Å². The molecule has 0 unspecified atom stereocenters. The number of carbonyl (C=O) groups excluding carboxylic acids is 1. The molecule has 2 aromatic rings. The van der Waals surface area contributed by atoms with E-state index in [-0.39, 0.29) is 30.3 Å². The van der Waals surface area contributed by atoms with Crippen LogP contribution in [-0.4, -0.2) is 40.7 Å². The van der Waals surface area contributed by atoms with E-state index in [4.69, 9.17) is 9.47 Å². The average molecular weight is 409 g/mol. The highest BCUT2D eigenvalue weighted by Gasteiger charge is 2.29. The molecular formula is C19H25F2N5O3. The lowest BCUT2D eigenvalue weighted by atomic mass is 10.3. The van der Waals surface area contributed by atoms with Gasteiger partial charge in [-0.25, -0.2) is 15.0 Å². The Morgan fingerprint density at radius 1 is 1.28 bits per heavy atom. The average Bonchev–Trinajstić information content (AvgIpc) is 2.62. The number of hydrogen-bond acceptors (Lipinski definition) is 7. The molecule has 8 nitrogen and oxygen atoms in total. The van der Waals surface area contributed by atoms with Crippen LogP contribution in [0.15, 0.2) is 18.3 Å². The van der Waals surface area contributed by atoms with Crippen molar-refractivity contribution in [3.8, 4) is 5.75 Å². The van der Waals surface area contributed by atoms with Crippen LogP contribution in [0.5, 0.6) is 5.75 Å². The highest BCUT2D eigenvalue weighted by Crippen LogP contribution is 2.31. The SMILES string of the molecule is CC[C@H](COc1cnc(NC(C)=O)cc1Nc1cc(C)nc(C(C)(F)F)n1)OC. The molecule has 10 heteroatoms. The van der Waals surface area contributed by atoms with Crippen LogP contribution in [0, 0.1) is 6.92 Å². The van der Waals surface area contributed by atoms with Crippen molar-refractivity contribution in [2.75, 3.05) is 24.4 Å². The van der Waals surface area contributed by atoms with Crippen LogP contribution in [0.3, 0.4) is 0 Å². The van der Waals surface area contributed by atoms with Gasteiger partial charge in [0.15, 0.2) is 5.75 Å². The highest BCUT2D eigenvalue weighted by molar-refractivity contribution is 5.88. The summed E-state index contributed by atoms with van der Waals surface area (Å²) in [6, 6.07) is 3.06. The van der Waals surface area contributed by atoms with Crippen LogP contribution in [0.25, 0.3) is 0 Å². The number of rotatable bonds is 9. The third kappa shape index (κ3) is 6.60. The van der Waals surface area contributed by atoms with E-state index in [2.05, 4.69) is 25.6 Å². The molecule has 1 atom stereocenters. The van der Waals surface area contributed by atoms with Crippen LogP contribution in [0.2, 0.25) is 0 Å². The zero-order chi connectivity index (χ0) is 21.6. The Kier molecular flexibility index (Phi) is 7.38. The van der Waals surface area contributed by atoms with Crippen LogP contribution in [0.1, 0.15) is 38.7 Å². The number of nitrogens with zero attached hydrogens (tertiary/aromatic N) is 3. The zero-order valence-electron chi connectivity index (χ0n) is 17.0. The van der Waals surface area contributed by atoms with Crippen LogP contribution >= 0.6 is 0 Å². The summed E-state index contributed by atoms with van der Waals surface area (Å²) in [5.41, 5.74) is 0.779. The lowest BCUT2D eigenvalue weighted by Gasteiger charge is -2.18. The van der Waals surface area contributed by atoms with Gasteiger partial charge in [-0.15, -0.1) is 0 Å². The third-order valence-electron chi connectivity index (χ3n) is 3.89. The highest BCUT2D eigenvalue weighted by atomic mass is 19.3. The number of methoxy groups -OCH3 is 1. The molecule has 2 heterocycles. The molecule has 0 aliphatic carbocycles. The molecule has 2 rings (SSSR count). The Morgan fingerprint density at radius 2 is 2.00 bits per heavy atom. The molecule has 1 amide bonds. The second-order valence-electron chi connectivity index (χ2n) is 6.56. The third-order valence-corrected chi connectivity index (χ3v) is 3.89. The van der Waals surface area contributed by atoms with Gasteiger partial charge >= 0.3 is 5.92 Å². The summed E-state index contributed by atoms with van der Waals surface area (Å²) < 4.78 is 38.4. The van der Waals surface area contributed by atoms with Crippen molar-refractivity contribution >= 4 is 23.2 Å². The number of nitrogens with one attached hydrogen (secondary N) is 2. The second kappa shape index (κ2) is 9.55. The summed E-state index contributed by atoms with van der Waals surface area (Å²) in [6.07, 6.45) is 2.06. The van der Waals surface area contributed by atoms with Crippen molar-refractivity contribution in [1.29, 1.82) is 0 Å². The van der Waals surface area contributed by atoms with Crippen LogP contribution < -0.4 is 15.4 Å². The quantitative estimate of drug-likeness (QED) is 0.650. The smallest absolute Gasteiger partial charge is 0.303 e. The molecule has 2 aromatic heterocycles. The fraction of sp³-hybridized carbons (Fsp3) is 0.474. The molecule has 29 heavy (non-hydrogen) atoms. The Bertz CT molecular complexity index is 854. The second-order valence-corrected chi connectivity index (χ2v) is 6.56. The van der Waals surface area contributed by atoms with Gasteiger partial charge in [0, 0.05) is 38.8 Å². The summed E-state index contributed by atoms with van der Waals surface area (Å²) in [7, 11) is 1.59. The maximum absolute atomic E-state index is 13.7. The first-order valence-electron chi connectivity index (χ1n) is 9.06.